The van der Waals surface area contributed by atoms with Crippen molar-refractivity contribution in [1.29, 1.82) is 0 Å². The fourth-order valence-corrected chi connectivity index (χ4v) is 2.80. The molecule has 0 aromatic heterocycles. The van der Waals surface area contributed by atoms with Gasteiger partial charge < -0.3 is 16.2 Å². The van der Waals surface area contributed by atoms with Gasteiger partial charge in [0, 0.05) is 17.8 Å². The van der Waals surface area contributed by atoms with Crippen molar-refractivity contribution < 1.29 is 9.90 Å². The number of aromatic hydroxyl groups is 1. The predicted molar refractivity (Wildman–Crippen MR) is 76.2 cm³/mol. The molecular weight excluding hydrogens is 240 g/mol. The molecule has 0 heterocycles. The van der Waals surface area contributed by atoms with Crippen LogP contribution in [0, 0.1) is 19.3 Å². The Labute approximate surface area is 114 Å². The minimum absolute atomic E-state index is 0.0150. The molecule has 1 aliphatic rings. The first-order valence-electron chi connectivity index (χ1n) is 6.81. The molecule has 4 heteroatoms. The number of rotatable bonds is 3. The minimum Gasteiger partial charge on any atom is -0.507 e. The van der Waals surface area contributed by atoms with Crippen LogP contribution in [0.1, 0.15) is 36.8 Å². The fourth-order valence-electron chi connectivity index (χ4n) is 2.80. The van der Waals surface area contributed by atoms with Gasteiger partial charge in [-0.3, -0.25) is 4.79 Å². The third-order valence-corrected chi connectivity index (χ3v) is 4.31. The molecule has 1 aromatic rings. The van der Waals surface area contributed by atoms with Gasteiger partial charge in [0.2, 0.25) is 5.91 Å². The normalized spacial score (nSPS) is 17.4. The molecule has 1 fully saturated rings. The van der Waals surface area contributed by atoms with Crippen LogP contribution in [-0.2, 0) is 4.79 Å². The lowest BCUT2D eigenvalue weighted by molar-refractivity contribution is -0.124. The van der Waals surface area contributed by atoms with Crippen LogP contribution in [0.3, 0.4) is 0 Å². The number of hydrogen-bond acceptors (Lipinski definition) is 3. The van der Waals surface area contributed by atoms with E-state index in [0.29, 0.717) is 17.8 Å². The number of anilines is 1. The Hall–Kier alpha value is -1.55. The summed E-state index contributed by atoms with van der Waals surface area (Å²) in [4.78, 5) is 12.4. The second-order valence-electron chi connectivity index (χ2n) is 5.55. The largest absolute Gasteiger partial charge is 0.507 e. The maximum Gasteiger partial charge on any atom is 0.231 e. The topological polar surface area (TPSA) is 75.4 Å². The van der Waals surface area contributed by atoms with E-state index < -0.39 is 5.41 Å². The maximum absolute atomic E-state index is 12.4. The van der Waals surface area contributed by atoms with E-state index in [1.807, 2.05) is 26.0 Å². The molecule has 0 unspecified atom stereocenters. The summed E-state index contributed by atoms with van der Waals surface area (Å²) in [6.45, 7) is 4.03. The predicted octanol–water partition coefficient (Wildman–Crippen LogP) is 2.47. The summed E-state index contributed by atoms with van der Waals surface area (Å²) < 4.78 is 0. The van der Waals surface area contributed by atoms with Crippen molar-refractivity contribution in [3.63, 3.8) is 0 Å². The molecule has 1 aliphatic carbocycles. The highest BCUT2D eigenvalue weighted by molar-refractivity contribution is 5.96. The third-order valence-electron chi connectivity index (χ3n) is 4.31. The molecule has 0 saturated heterocycles. The average Bonchev–Trinajstić information content (AvgIpc) is 2.89. The minimum atomic E-state index is -0.424. The van der Waals surface area contributed by atoms with Gasteiger partial charge in [0.15, 0.2) is 0 Å². The standard InChI is InChI=1S/C15H22N2O2/c1-10-5-6-12(11(2)13(10)18)17-14(19)15(9-16)7-3-4-8-15/h5-6,18H,3-4,7-9,16H2,1-2H3,(H,17,19). The van der Waals surface area contributed by atoms with Gasteiger partial charge in [0.1, 0.15) is 5.75 Å². The van der Waals surface area contributed by atoms with Crippen LogP contribution >= 0.6 is 0 Å². The smallest absolute Gasteiger partial charge is 0.231 e. The van der Waals surface area contributed by atoms with Gasteiger partial charge >= 0.3 is 0 Å². The van der Waals surface area contributed by atoms with E-state index in [0.717, 1.165) is 31.2 Å². The first-order chi connectivity index (χ1) is 9.00. The summed E-state index contributed by atoms with van der Waals surface area (Å²) in [5, 5.41) is 12.8. The molecule has 0 bridgehead atoms. The Kier molecular flexibility index (Phi) is 3.80. The van der Waals surface area contributed by atoms with Gasteiger partial charge in [0.05, 0.1) is 5.41 Å². The number of benzene rings is 1. The van der Waals surface area contributed by atoms with Crippen LogP contribution < -0.4 is 11.1 Å². The number of carbonyl (C=O) groups is 1. The maximum atomic E-state index is 12.4. The fraction of sp³-hybridized carbons (Fsp3) is 0.533. The average molecular weight is 262 g/mol. The Morgan fingerprint density at radius 1 is 1.37 bits per heavy atom. The Bertz CT molecular complexity index is 491. The molecule has 0 radical (unpaired) electrons. The summed E-state index contributed by atoms with van der Waals surface area (Å²) >= 11 is 0. The first-order valence-corrected chi connectivity index (χ1v) is 6.81. The lowest BCUT2D eigenvalue weighted by Crippen LogP contribution is -2.40. The number of amides is 1. The van der Waals surface area contributed by atoms with E-state index in [4.69, 9.17) is 5.73 Å². The molecule has 1 aromatic carbocycles. The molecule has 4 nitrogen and oxygen atoms in total. The van der Waals surface area contributed by atoms with Crippen LogP contribution in [0.15, 0.2) is 12.1 Å². The van der Waals surface area contributed by atoms with Crippen LogP contribution in [0.2, 0.25) is 0 Å². The lowest BCUT2D eigenvalue weighted by atomic mass is 9.85. The third kappa shape index (κ3) is 2.45. The number of aryl methyl sites for hydroxylation is 1. The molecule has 0 spiro atoms. The number of hydrogen-bond donors (Lipinski definition) is 3. The van der Waals surface area contributed by atoms with Crippen molar-refractivity contribution >= 4 is 11.6 Å². The van der Waals surface area contributed by atoms with Crippen molar-refractivity contribution in [2.75, 3.05) is 11.9 Å². The Morgan fingerprint density at radius 2 is 2.00 bits per heavy atom. The van der Waals surface area contributed by atoms with Crippen molar-refractivity contribution in [2.24, 2.45) is 11.1 Å². The highest BCUT2D eigenvalue weighted by atomic mass is 16.3. The Morgan fingerprint density at radius 3 is 2.58 bits per heavy atom. The van der Waals surface area contributed by atoms with Crippen molar-refractivity contribution in [2.45, 2.75) is 39.5 Å². The summed E-state index contributed by atoms with van der Waals surface area (Å²) in [5.41, 5.74) is 7.57. The van der Waals surface area contributed by atoms with Crippen molar-refractivity contribution in [3.8, 4) is 5.75 Å². The van der Waals surface area contributed by atoms with Crippen LogP contribution in [0.4, 0.5) is 5.69 Å². The van der Waals surface area contributed by atoms with Crippen molar-refractivity contribution in [1.82, 2.24) is 0 Å². The molecular formula is C15H22N2O2. The van der Waals surface area contributed by atoms with E-state index in [-0.39, 0.29) is 11.7 Å². The van der Waals surface area contributed by atoms with E-state index >= 15 is 0 Å². The number of nitrogens with one attached hydrogen (secondary N) is 1. The molecule has 104 valence electrons. The molecule has 1 amide bonds. The molecule has 2 rings (SSSR count). The van der Waals surface area contributed by atoms with Gasteiger partial charge in [-0.15, -0.1) is 0 Å². The van der Waals surface area contributed by atoms with Crippen LogP contribution in [0.25, 0.3) is 0 Å². The van der Waals surface area contributed by atoms with E-state index in [2.05, 4.69) is 5.32 Å². The monoisotopic (exact) mass is 262 g/mol. The van der Waals surface area contributed by atoms with E-state index in [1.54, 1.807) is 0 Å². The molecule has 19 heavy (non-hydrogen) atoms. The number of phenols is 1. The highest BCUT2D eigenvalue weighted by Gasteiger charge is 2.39. The van der Waals surface area contributed by atoms with Crippen LogP contribution in [0.5, 0.6) is 5.75 Å². The first kappa shape index (κ1) is 13.9. The number of nitrogens with two attached hydrogens (primary N) is 1. The van der Waals surface area contributed by atoms with Crippen LogP contribution in [-0.4, -0.2) is 17.6 Å². The molecule has 0 atom stereocenters. The van der Waals surface area contributed by atoms with Gasteiger partial charge in [-0.25, -0.2) is 0 Å². The molecule has 0 aliphatic heterocycles. The summed E-state index contributed by atoms with van der Waals surface area (Å²) in [6, 6.07) is 3.64. The van der Waals surface area contributed by atoms with Gasteiger partial charge in [-0.05, 0) is 38.3 Å². The van der Waals surface area contributed by atoms with E-state index in [9.17, 15) is 9.90 Å². The van der Waals surface area contributed by atoms with E-state index in [1.165, 1.54) is 0 Å². The lowest BCUT2D eigenvalue weighted by Gasteiger charge is -2.26. The second-order valence-corrected chi connectivity index (χ2v) is 5.55. The number of carbonyl (C=O) groups excluding carboxylic acids is 1. The zero-order valence-electron chi connectivity index (χ0n) is 11.6. The Balaban J connectivity index is 2.22. The van der Waals surface area contributed by atoms with Gasteiger partial charge in [-0.2, -0.15) is 0 Å². The van der Waals surface area contributed by atoms with Crippen molar-refractivity contribution in [3.05, 3.63) is 23.3 Å². The second kappa shape index (κ2) is 5.21. The molecule has 4 N–H and O–H groups in total. The number of phenolic OH excluding ortho intramolecular Hbond substituents is 1. The zero-order valence-corrected chi connectivity index (χ0v) is 11.6. The zero-order chi connectivity index (χ0) is 14.0. The molecule has 1 saturated carbocycles. The van der Waals surface area contributed by atoms with Gasteiger partial charge in [-0.1, -0.05) is 18.9 Å². The van der Waals surface area contributed by atoms with Gasteiger partial charge in [0.25, 0.3) is 0 Å². The highest BCUT2D eigenvalue weighted by Crippen LogP contribution is 2.39. The quantitative estimate of drug-likeness (QED) is 0.783. The summed E-state index contributed by atoms with van der Waals surface area (Å²) in [5.74, 6) is 0.227. The SMILES string of the molecule is Cc1ccc(NC(=O)C2(CN)CCCC2)c(C)c1O. The summed E-state index contributed by atoms with van der Waals surface area (Å²) in [6.07, 6.45) is 3.82. The summed E-state index contributed by atoms with van der Waals surface area (Å²) in [7, 11) is 0.